The molecule has 1 aliphatic heterocycles. The number of amides is 1. The van der Waals surface area contributed by atoms with Crippen molar-refractivity contribution >= 4 is 29.1 Å². The molecule has 1 saturated heterocycles. The highest BCUT2D eigenvalue weighted by molar-refractivity contribution is 6.51. The Morgan fingerprint density at radius 3 is 2.32 bits per heavy atom. The monoisotopic (exact) mass is 499 g/mol. The van der Waals surface area contributed by atoms with E-state index in [-0.39, 0.29) is 17.3 Å². The summed E-state index contributed by atoms with van der Waals surface area (Å²) in [7, 11) is 1.51. The van der Waals surface area contributed by atoms with Gasteiger partial charge in [-0.2, -0.15) is 0 Å². The quantitative estimate of drug-likeness (QED) is 0.201. The number of anilines is 1. The van der Waals surface area contributed by atoms with Crippen LogP contribution in [0.25, 0.3) is 5.76 Å². The molecular formula is C30H29NO6. The Bertz CT molecular complexity index is 1370. The third-order valence-corrected chi connectivity index (χ3v) is 6.07. The van der Waals surface area contributed by atoms with Gasteiger partial charge in [0.2, 0.25) is 0 Å². The van der Waals surface area contributed by atoms with E-state index in [4.69, 9.17) is 9.47 Å². The van der Waals surface area contributed by atoms with Crippen molar-refractivity contribution in [1.82, 2.24) is 0 Å². The summed E-state index contributed by atoms with van der Waals surface area (Å²) in [4.78, 5) is 40.4. The molecule has 0 spiro atoms. The van der Waals surface area contributed by atoms with Crippen molar-refractivity contribution in [3.8, 4) is 5.75 Å². The largest absolute Gasteiger partial charge is 0.507 e. The van der Waals surface area contributed by atoms with Crippen LogP contribution in [0.15, 0.2) is 78.4 Å². The summed E-state index contributed by atoms with van der Waals surface area (Å²) >= 11 is 0. The summed E-state index contributed by atoms with van der Waals surface area (Å²) in [6.07, 6.45) is 0. The Labute approximate surface area is 215 Å². The molecule has 1 atom stereocenters. The molecule has 0 aromatic heterocycles. The van der Waals surface area contributed by atoms with E-state index in [9.17, 15) is 19.5 Å². The van der Waals surface area contributed by atoms with Gasteiger partial charge in [0, 0.05) is 11.3 Å². The SMILES string of the molecule is COc1cccc(/C(O)=C2\C(=O)C(=O)N(c3ccc(C(=O)OCC(C)C)cc3)C2c2cccc(C)c2)c1. The van der Waals surface area contributed by atoms with Crippen LogP contribution in [0.4, 0.5) is 5.69 Å². The van der Waals surface area contributed by atoms with E-state index in [0.29, 0.717) is 34.7 Å². The average Bonchev–Trinajstić information content (AvgIpc) is 3.17. The molecule has 1 fully saturated rings. The summed E-state index contributed by atoms with van der Waals surface area (Å²) in [5, 5.41) is 11.3. The number of aliphatic hydroxyl groups is 1. The molecule has 7 heteroatoms. The third-order valence-electron chi connectivity index (χ3n) is 6.07. The first-order valence-corrected chi connectivity index (χ1v) is 12.0. The van der Waals surface area contributed by atoms with E-state index in [1.165, 1.54) is 12.0 Å². The maximum atomic E-state index is 13.4. The summed E-state index contributed by atoms with van der Waals surface area (Å²) < 4.78 is 10.5. The molecule has 0 radical (unpaired) electrons. The first-order chi connectivity index (χ1) is 17.7. The standard InChI is InChI=1S/C30H29NO6/c1-18(2)17-37-30(35)20-11-13-23(14-12-20)31-26(21-8-5-7-19(3)15-21)25(28(33)29(31)34)27(32)22-9-6-10-24(16-22)36-4/h5-16,18,26,32H,17H2,1-4H3/b27-25+. The smallest absolute Gasteiger partial charge is 0.338 e. The van der Waals surface area contributed by atoms with Gasteiger partial charge in [-0.15, -0.1) is 0 Å². The first-order valence-electron chi connectivity index (χ1n) is 12.0. The molecule has 1 amide bonds. The van der Waals surface area contributed by atoms with Crippen LogP contribution in [0, 0.1) is 12.8 Å². The summed E-state index contributed by atoms with van der Waals surface area (Å²) in [6, 6.07) is 19.6. The Balaban J connectivity index is 1.81. The van der Waals surface area contributed by atoms with Crippen molar-refractivity contribution in [2.75, 3.05) is 18.6 Å². The number of aliphatic hydroxyl groups excluding tert-OH is 1. The zero-order valence-corrected chi connectivity index (χ0v) is 21.2. The van der Waals surface area contributed by atoms with Crippen LogP contribution in [0.3, 0.4) is 0 Å². The molecule has 1 unspecified atom stereocenters. The number of aryl methyl sites for hydroxylation is 1. The fourth-order valence-electron chi connectivity index (χ4n) is 4.26. The number of esters is 1. The molecule has 3 aromatic carbocycles. The highest BCUT2D eigenvalue weighted by Crippen LogP contribution is 2.42. The van der Waals surface area contributed by atoms with Gasteiger partial charge in [0.1, 0.15) is 11.5 Å². The number of ketones is 1. The van der Waals surface area contributed by atoms with Crippen molar-refractivity contribution in [2.24, 2.45) is 5.92 Å². The minimum absolute atomic E-state index is 0.0238. The Kier molecular flexibility index (Phi) is 7.43. The number of hydrogen-bond donors (Lipinski definition) is 1. The predicted molar refractivity (Wildman–Crippen MR) is 141 cm³/mol. The van der Waals surface area contributed by atoms with Gasteiger partial charge in [-0.3, -0.25) is 14.5 Å². The van der Waals surface area contributed by atoms with Crippen LogP contribution in [-0.4, -0.2) is 36.5 Å². The molecule has 3 aromatic rings. The third kappa shape index (κ3) is 5.26. The van der Waals surface area contributed by atoms with Crippen LogP contribution >= 0.6 is 0 Å². The molecule has 7 nitrogen and oxygen atoms in total. The molecule has 37 heavy (non-hydrogen) atoms. The maximum Gasteiger partial charge on any atom is 0.338 e. The second kappa shape index (κ2) is 10.7. The number of carbonyl (C=O) groups is 3. The predicted octanol–water partition coefficient (Wildman–Crippen LogP) is 5.44. The molecule has 190 valence electrons. The van der Waals surface area contributed by atoms with Crippen molar-refractivity contribution in [3.05, 3.63) is 101 Å². The second-order valence-corrected chi connectivity index (χ2v) is 9.35. The molecule has 1 heterocycles. The molecule has 0 aliphatic carbocycles. The Morgan fingerprint density at radius 1 is 0.973 bits per heavy atom. The van der Waals surface area contributed by atoms with Gasteiger partial charge in [-0.05, 0) is 54.8 Å². The lowest BCUT2D eigenvalue weighted by Gasteiger charge is -2.26. The van der Waals surface area contributed by atoms with E-state index in [0.717, 1.165) is 5.56 Å². The Hall–Kier alpha value is -4.39. The molecule has 4 rings (SSSR count). The average molecular weight is 500 g/mol. The van der Waals surface area contributed by atoms with Gasteiger partial charge in [0.05, 0.1) is 30.9 Å². The van der Waals surface area contributed by atoms with Crippen molar-refractivity contribution in [1.29, 1.82) is 0 Å². The lowest BCUT2D eigenvalue weighted by atomic mass is 9.94. The van der Waals surface area contributed by atoms with Crippen LogP contribution in [-0.2, 0) is 14.3 Å². The minimum Gasteiger partial charge on any atom is -0.507 e. The minimum atomic E-state index is -0.871. The lowest BCUT2D eigenvalue weighted by Crippen LogP contribution is -2.29. The van der Waals surface area contributed by atoms with Crippen LogP contribution in [0.2, 0.25) is 0 Å². The first kappa shape index (κ1) is 25.7. The zero-order chi connectivity index (χ0) is 26.7. The van der Waals surface area contributed by atoms with E-state index >= 15 is 0 Å². The topological polar surface area (TPSA) is 93.1 Å². The highest BCUT2D eigenvalue weighted by Gasteiger charge is 2.47. The maximum absolute atomic E-state index is 13.4. The number of hydrogen-bond acceptors (Lipinski definition) is 6. The number of nitrogens with zero attached hydrogens (tertiary/aromatic N) is 1. The summed E-state index contributed by atoms with van der Waals surface area (Å²) in [5.41, 5.74) is 2.70. The highest BCUT2D eigenvalue weighted by atomic mass is 16.5. The Morgan fingerprint density at radius 2 is 1.68 bits per heavy atom. The van der Waals surface area contributed by atoms with Gasteiger partial charge in [0.25, 0.3) is 11.7 Å². The van der Waals surface area contributed by atoms with Gasteiger partial charge in [-0.25, -0.2) is 4.79 Å². The molecule has 1 N–H and O–H groups in total. The number of rotatable bonds is 7. The lowest BCUT2D eigenvalue weighted by molar-refractivity contribution is -0.132. The van der Waals surface area contributed by atoms with Crippen molar-refractivity contribution in [3.63, 3.8) is 0 Å². The van der Waals surface area contributed by atoms with Gasteiger partial charge >= 0.3 is 5.97 Å². The van der Waals surface area contributed by atoms with E-state index in [2.05, 4.69) is 0 Å². The fourth-order valence-corrected chi connectivity index (χ4v) is 4.26. The summed E-state index contributed by atoms with van der Waals surface area (Å²) in [6.45, 7) is 6.11. The van der Waals surface area contributed by atoms with Crippen molar-refractivity contribution in [2.45, 2.75) is 26.8 Å². The van der Waals surface area contributed by atoms with Crippen LogP contribution in [0.5, 0.6) is 5.75 Å². The van der Waals surface area contributed by atoms with E-state index < -0.39 is 23.7 Å². The zero-order valence-electron chi connectivity index (χ0n) is 21.2. The second-order valence-electron chi connectivity index (χ2n) is 9.35. The van der Waals surface area contributed by atoms with Crippen molar-refractivity contribution < 1.29 is 29.0 Å². The molecular weight excluding hydrogens is 470 g/mol. The summed E-state index contributed by atoms with van der Waals surface area (Å²) in [5.74, 6) is -1.62. The van der Waals surface area contributed by atoms with Gasteiger partial charge < -0.3 is 14.6 Å². The molecule has 1 aliphatic rings. The van der Waals surface area contributed by atoms with E-state index in [1.807, 2.05) is 45.0 Å². The number of carbonyl (C=O) groups excluding carboxylic acids is 3. The number of Topliss-reactive ketones (excluding diaryl/α,β-unsaturated/α-hetero) is 1. The molecule has 0 saturated carbocycles. The number of benzene rings is 3. The number of ether oxygens (including phenoxy) is 2. The van der Waals surface area contributed by atoms with Gasteiger partial charge in [-0.1, -0.05) is 55.8 Å². The normalized spacial score (nSPS) is 16.8. The van der Waals surface area contributed by atoms with Crippen LogP contribution in [0.1, 0.15) is 46.9 Å². The fraction of sp³-hybridized carbons (Fsp3) is 0.233. The van der Waals surface area contributed by atoms with E-state index in [1.54, 1.807) is 48.5 Å². The molecule has 0 bridgehead atoms. The number of methoxy groups -OCH3 is 1. The van der Waals surface area contributed by atoms with Crippen LogP contribution < -0.4 is 9.64 Å². The van der Waals surface area contributed by atoms with Gasteiger partial charge in [0.15, 0.2) is 0 Å².